The third kappa shape index (κ3) is 3.88. The minimum atomic E-state index is -3.40. The molecule has 2 aromatic rings. The minimum Gasteiger partial charge on any atom is -0.506 e. The number of amides is 1. The van der Waals surface area contributed by atoms with E-state index in [1.807, 2.05) is 6.07 Å². The first-order chi connectivity index (χ1) is 11.9. The van der Waals surface area contributed by atoms with Crippen LogP contribution in [0.3, 0.4) is 0 Å². The summed E-state index contributed by atoms with van der Waals surface area (Å²) in [5.41, 5.74) is 1.35. The van der Waals surface area contributed by atoms with E-state index >= 15 is 0 Å². The van der Waals surface area contributed by atoms with Crippen molar-refractivity contribution in [3.63, 3.8) is 0 Å². The van der Waals surface area contributed by atoms with Crippen molar-refractivity contribution in [1.82, 2.24) is 0 Å². The van der Waals surface area contributed by atoms with Gasteiger partial charge in [0.1, 0.15) is 5.75 Å². The number of sulfone groups is 1. The van der Waals surface area contributed by atoms with Gasteiger partial charge in [0.05, 0.1) is 21.2 Å². The molecule has 25 heavy (non-hydrogen) atoms. The van der Waals surface area contributed by atoms with Crippen molar-refractivity contribution < 1.29 is 18.3 Å². The fourth-order valence-electron chi connectivity index (χ4n) is 2.94. The number of phenolic OH excluding ortho intramolecular Hbond substituents is 1. The molecule has 1 aromatic carbocycles. The second-order valence-corrected chi connectivity index (χ2v) is 9.57. The number of carbonyl (C=O) groups excluding carboxylic acids is 1. The number of rotatable bonds is 4. The van der Waals surface area contributed by atoms with Crippen LogP contribution in [0.5, 0.6) is 5.75 Å². The van der Waals surface area contributed by atoms with Gasteiger partial charge in [-0.25, -0.2) is 8.42 Å². The Kier molecular flexibility index (Phi) is 5.15. The molecule has 134 valence electrons. The fourth-order valence-corrected chi connectivity index (χ4v) is 4.99. The molecule has 1 aliphatic rings. The highest BCUT2D eigenvalue weighted by Crippen LogP contribution is 2.31. The lowest BCUT2D eigenvalue weighted by atomic mass is 10.1. The average Bonchev–Trinajstić information content (AvgIpc) is 2.87. The Morgan fingerprint density at radius 2 is 1.96 bits per heavy atom. The van der Waals surface area contributed by atoms with Crippen LogP contribution in [0, 0.1) is 0 Å². The highest BCUT2D eigenvalue weighted by molar-refractivity contribution is 7.91. The van der Waals surface area contributed by atoms with E-state index in [2.05, 4.69) is 5.32 Å². The van der Waals surface area contributed by atoms with Gasteiger partial charge in [0, 0.05) is 4.88 Å². The van der Waals surface area contributed by atoms with Gasteiger partial charge in [-0.1, -0.05) is 13.3 Å². The zero-order valence-electron chi connectivity index (χ0n) is 14.0. The molecule has 0 radical (unpaired) electrons. The van der Waals surface area contributed by atoms with Crippen molar-refractivity contribution in [3.05, 3.63) is 39.6 Å². The number of hydrogen-bond acceptors (Lipinski definition) is 5. The number of benzene rings is 1. The SMILES string of the molecule is CCS(=O)(=O)c1ccc(O)c(NC(=O)c2cc3c(s2)CCCCC3)c1. The van der Waals surface area contributed by atoms with E-state index in [9.17, 15) is 18.3 Å². The average molecular weight is 380 g/mol. The third-order valence-electron chi connectivity index (χ3n) is 4.43. The summed E-state index contributed by atoms with van der Waals surface area (Å²) in [6.07, 6.45) is 5.50. The molecule has 0 aliphatic heterocycles. The lowest BCUT2D eigenvalue weighted by molar-refractivity contribution is 0.103. The van der Waals surface area contributed by atoms with Crippen LogP contribution in [0.25, 0.3) is 0 Å². The number of hydrogen-bond donors (Lipinski definition) is 2. The normalized spacial score (nSPS) is 14.6. The molecular weight excluding hydrogens is 358 g/mol. The van der Waals surface area contributed by atoms with Gasteiger partial charge in [-0.05, 0) is 55.5 Å². The first kappa shape index (κ1) is 17.9. The second-order valence-electron chi connectivity index (χ2n) is 6.16. The van der Waals surface area contributed by atoms with E-state index in [0.717, 1.165) is 25.7 Å². The van der Waals surface area contributed by atoms with Crippen molar-refractivity contribution in [3.8, 4) is 5.75 Å². The lowest BCUT2D eigenvalue weighted by Gasteiger charge is -2.09. The van der Waals surface area contributed by atoms with E-state index in [1.54, 1.807) is 6.92 Å². The van der Waals surface area contributed by atoms with Crippen LogP contribution < -0.4 is 5.32 Å². The zero-order chi connectivity index (χ0) is 18.0. The van der Waals surface area contributed by atoms with Crippen molar-refractivity contribution in [2.75, 3.05) is 11.1 Å². The smallest absolute Gasteiger partial charge is 0.265 e. The van der Waals surface area contributed by atoms with Crippen molar-refractivity contribution in [1.29, 1.82) is 0 Å². The molecule has 1 aliphatic carbocycles. The van der Waals surface area contributed by atoms with Crippen LogP contribution in [0.1, 0.15) is 46.3 Å². The van der Waals surface area contributed by atoms with Crippen LogP contribution in [-0.4, -0.2) is 25.2 Å². The fraction of sp³-hybridized carbons (Fsp3) is 0.389. The summed E-state index contributed by atoms with van der Waals surface area (Å²) < 4.78 is 24.0. The number of nitrogens with one attached hydrogen (secondary N) is 1. The largest absolute Gasteiger partial charge is 0.506 e. The Labute approximate surface area is 151 Å². The third-order valence-corrected chi connectivity index (χ3v) is 7.39. The summed E-state index contributed by atoms with van der Waals surface area (Å²) in [7, 11) is -3.40. The number of aromatic hydroxyl groups is 1. The highest BCUT2D eigenvalue weighted by atomic mass is 32.2. The number of aryl methyl sites for hydroxylation is 2. The molecule has 1 aromatic heterocycles. The summed E-state index contributed by atoms with van der Waals surface area (Å²) in [5.74, 6) is -0.510. The van der Waals surface area contributed by atoms with Gasteiger partial charge >= 0.3 is 0 Å². The van der Waals surface area contributed by atoms with Crippen molar-refractivity contribution in [2.24, 2.45) is 0 Å². The first-order valence-corrected chi connectivity index (χ1v) is 10.9. The maximum absolute atomic E-state index is 12.5. The molecule has 0 unspecified atom stereocenters. The van der Waals surface area contributed by atoms with Crippen LogP contribution in [0.15, 0.2) is 29.2 Å². The molecule has 1 amide bonds. The summed E-state index contributed by atoms with van der Waals surface area (Å²) in [6.45, 7) is 1.55. The van der Waals surface area contributed by atoms with Crippen LogP contribution in [-0.2, 0) is 22.7 Å². The number of anilines is 1. The van der Waals surface area contributed by atoms with Gasteiger partial charge in [0.15, 0.2) is 9.84 Å². The monoisotopic (exact) mass is 379 g/mol. The number of phenols is 1. The molecule has 2 N–H and O–H groups in total. The van der Waals surface area contributed by atoms with Crippen molar-refractivity contribution >= 4 is 32.8 Å². The second kappa shape index (κ2) is 7.17. The number of thiophene rings is 1. The Bertz CT molecular complexity index is 876. The summed E-state index contributed by atoms with van der Waals surface area (Å²) >= 11 is 1.48. The molecule has 7 heteroatoms. The Balaban J connectivity index is 1.85. The molecular formula is C18H21NO4S2. The van der Waals surface area contributed by atoms with E-state index in [1.165, 1.54) is 46.4 Å². The Morgan fingerprint density at radius 1 is 1.20 bits per heavy atom. The topological polar surface area (TPSA) is 83.5 Å². The predicted molar refractivity (Wildman–Crippen MR) is 99.4 cm³/mol. The Hall–Kier alpha value is -1.86. The zero-order valence-corrected chi connectivity index (χ0v) is 15.7. The standard InChI is InChI=1S/C18H21NO4S2/c1-2-25(22,23)13-8-9-15(20)14(11-13)19-18(21)17-10-12-6-4-3-5-7-16(12)24-17/h8-11,20H,2-7H2,1H3,(H,19,21). The molecule has 0 saturated carbocycles. The highest BCUT2D eigenvalue weighted by Gasteiger charge is 2.19. The van der Waals surface area contributed by atoms with Crippen molar-refractivity contribution in [2.45, 2.75) is 43.9 Å². The summed E-state index contributed by atoms with van der Waals surface area (Å²) in [6, 6.07) is 5.87. The van der Waals surface area contributed by atoms with Crippen LogP contribution in [0.2, 0.25) is 0 Å². The van der Waals surface area contributed by atoms with E-state index < -0.39 is 9.84 Å². The van der Waals surface area contributed by atoms with Gasteiger partial charge in [-0.15, -0.1) is 11.3 Å². The van der Waals surface area contributed by atoms with E-state index in [0.29, 0.717) is 4.88 Å². The van der Waals surface area contributed by atoms with Gasteiger partial charge in [-0.3, -0.25) is 4.79 Å². The quantitative estimate of drug-likeness (QED) is 0.626. The molecule has 3 rings (SSSR count). The number of carbonyl (C=O) groups is 1. The van der Waals surface area contributed by atoms with Crippen LogP contribution in [0.4, 0.5) is 5.69 Å². The first-order valence-electron chi connectivity index (χ1n) is 8.39. The summed E-state index contributed by atoms with van der Waals surface area (Å²) in [4.78, 5) is 14.5. The molecule has 5 nitrogen and oxygen atoms in total. The molecule has 0 fully saturated rings. The maximum atomic E-state index is 12.5. The van der Waals surface area contributed by atoms with E-state index in [4.69, 9.17) is 0 Å². The molecule has 1 heterocycles. The van der Waals surface area contributed by atoms with Crippen LogP contribution >= 0.6 is 11.3 Å². The number of fused-ring (bicyclic) bond motifs is 1. The van der Waals surface area contributed by atoms with E-state index in [-0.39, 0.29) is 28.0 Å². The maximum Gasteiger partial charge on any atom is 0.265 e. The minimum absolute atomic E-state index is 0.0389. The predicted octanol–water partition coefficient (Wildman–Crippen LogP) is 3.77. The van der Waals surface area contributed by atoms with Gasteiger partial charge in [-0.2, -0.15) is 0 Å². The van der Waals surface area contributed by atoms with Gasteiger partial charge in [0.25, 0.3) is 5.91 Å². The molecule has 0 bridgehead atoms. The van der Waals surface area contributed by atoms with Gasteiger partial charge < -0.3 is 10.4 Å². The Morgan fingerprint density at radius 3 is 2.72 bits per heavy atom. The molecule has 0 spiro atoms. The lowest BCUT2D eigenvalue weighted by Crippen LogP contribution is -2.11. The molecule has 0 saturated heterocycles. The summed E-state index contributed by atoms with van der Waals surface area (Å²) in [5, 5.41) is 12.6. The molecule has 0 atom stereocenters. The van der Waals surface area contributed by atoms with Gasteiger partial charge in [0.2, 0.25) is 0 Å².